The minimum atomic E-state index is 0.412. The lowest BCUT2D eigenvalue weighted by Gasteiger charge is -2.20. The molecule has 0 spiro atoms. The second kappa shape index (κ2) is 10.4. The van der Waals surface area contributed by atoms with Gasteiger partial charge in [0.15, 0.2) is 0 Å². The van der Waals surface area contributed by atoms with Crippen molar-refractivity contribution in [1.29, 1.82) is 0 Å². The summed E-state index contributed by atoms with van der Waals surface area (Å²) in [5.74, 6) is 2.04. The van der Waals surface area contributed by atoms with E-state index in [1.165, 1.54) is 50.5 Å². The minimum absolute atomic E-state index is 0.412. The Labute approximate surface area is 201 Å². The molecule has 1 aromatic heterocycles. The van der Waals surface area contributed by atoms with Gasteiger partial charge in [-0.2, -0.15) is 4.57 Å². The van der Waals surface area contributed by atoms with E-state index in [4.69, 9.17) is 0 Å². The molecule has 0 saturated heterocycles. The highest BCUT2D eigenvalue weighted by molar-refractivity contribution is 5.71. The number of nitrogens with zero attached hydrogens (tertiary/aromatic N) is 2. The minimum Gasteiger partial charge on any atom is -0.232 e. The smallest absolute Gasteiger partial charge is 0.232 e. The Morgan fingerprint density at radius 1 is 1.00 bits per heavy atom. The van der Waals surface area contributed by atoms with E-state index in [1.54, 1.807) is 0 Å². The summed E-state index contributed by atoms with van der Waals surface area (Å²) in [6, 6.07) is 13.5. The Morgan fingerprint density at radius 3 is 2.15 bits per heavy atom. The summed E-state index contributed by atoms with van der Waals surface area (Å²) >= 11 is 0. The summed E-state index contributed by atoms with van der Waals surface area (Å²) in [7, 11) is 2.15. The van der Waals surface area contributed by atoms with Crippen molar-refractivity contribution >= 4 is 5.57 Å². The average molecular weight is 442 g/mol. The van der Waals surface area contributed by atoms with Crippen molar-refractivity contribution in [3.63, 3.8) is 0 Å². The molecular formula is C31H41N2+. The summed E-state index contributed by atoms with van der Waals surface area (Å²) in [4.78, 5) is 0. The third-order valence-corrected chi connectivity index (χ3v) is 6.47. The lowest BCUT2D eigenvalue weighted by atomic mass is 9.88. The molecule has 3 rings (SSSR count). The predicted molar refractivity (Wildman–Crippen MR) is 143 cm³/mol. The third kappa shape index (κ3) is 5.21. The van der Waals surface area contributed by atoms with Crippen LogP contribution in [0.5, 0.6) is 0 Å². The van der Waals surface area contributed by atoms with Crippen molar-refractivity contribution in [3.8, 4) is 17.1 Å². The van der Waals surface area contributed by atoms with E-state index in [-0.39, 0.29) is 0 Å². The standard InChI is InChI=1S/C31H41N2/c1-10-13-23(6)18-25(8)26-19-28(21(2)3)30(29(20-26)22(4)5)33-17-16-32(9)31(33)27-15-12-11-14-24(27)7/h11-22H,10H2,1-9H3/q+1. The average Bonchev–Trinajstić information content (AvgIpc) is 3.13. The zero-order valence-corrected chi connectivity index (χ0v) is 22.0. The van der Waals surface area contributed by atoms with E-state index in [0.29, 0.717) is 11.8 Å². The van der Waals surface area contributed by atoms with E-state index >= 15 is 0 Å². The van der Waals surface area contributed by atoms with Gasteiger partial charge < -0.3 is 0 Å². The number of allylic oxidation sites excluding steroid dienone is 4. The van der Waals surface area contributed by atoms with Crippen molar-refractivity contribution in [2.24, 2.45) is 7.05 Å². The number of hydrogen-bond donors (Lipinski definition) is 0. The summed E-state index contributed by atoms with van der Waals surface area (Å²) in [6.45, 7) is 18.1. The molecule has 0 bridgehead atoms. The largest absolute Gasteiger partial charge is 0.294 e. The van der Waals surface area contributed by atoms with E-state index in [1.807, 2.05) is 0 Å². The number of aromatic nitrogens is 2. The van der Waals surface area contributed by atoms with Crippen LogP contribution in [0.1, 0.15) is 89.0 Å². The van der Waals surface area contributed by atoms with Crippen LogP contribution in [0.3, 0.4) is 0 Å². The fraction of sp³-hybridized carbons (Fsp3) is 0.387. The molecule has 0 aliphatic heterocycles. The first-order valence-corrected chi connectivity index (χ1v) is 12.3. The highest BCUT2D eigenvalue weighted by Gasteiger charge is 2.27. The van der Waals surface area contributed by atoms with Crippen LogP contribution in [0.4, 0.5) is 0 Å². The quantitative estimate of drug-likeness (QED) is 0.258. The van der Waals surface area contributed by atoms with Crippen LogP contribution >= 0.6 is 0 Å². The molecule has 3 aromatic rings. The van der Waals surface area contributed by atoms with Gasteiger partial charge in [0.2, 0.25) is 0 Å². The van der Waals surface area contributed by atoms with Gasteiger partial charge in [-0.25, -0.2) is 4.57 Å². The number of hydrogen-bond acceptors (Lipinski definition) is 0. The maximum Gasteiger partial charge on any atom is 0.294 e. The van der Waals surface area contributed by atoms with Crippen LogP contribution in [0, 0.1) is 6.92 Å². The van der Waals surface area contributed by atoms with E-state index < -0.39 is 0 Å². The SMILES string of the molecule is CCC=C(C)C=C(C)c1cc(C(C)C)c(-n2cc[n+](C)c2-c2ccccc2C)c(C(C)C)c1. The molecule has 1 heterocycles. The van der Waals surface area contributed by atoms with Gasteiger partial charge in [0.1, 0.15) is 18.1 Å². The van der Waals surface area contributed by atoms with E-state index in [2.05, 4.69) is 133 Å². The molecule has 0 radical (unpaired) electrons. The van der Waals surface area contributed by atoms with Crippen LogP contribution in [0.2, 0.25) is 0 Å². The lowest BCUT2D eigenvalue weighted by Crippen LogP contribution is -2.29. The molecule has 0 aliphatic carbocycles. The van der Waals surface area contributed by atoms with Crippen molar-refractivity contribution < 1.29 is 4.57 Å². The van der Waals surface area contributed by atoms with Gasteiger partial charge in [-0.3, -0.25) is 0 Å². The molecule has 0 unspecified atom stereocenters. The van der Waals surface area contributed by atoms with E-state index in [9.17, 15) is 0 Å². The highest BCUT2D eigenvalue weighted by atomic mass is 15.1. The molecule has 0 aliphatic rings. The van der Waals surface area contributed by atoms with Crippen molar-refractivity contribution in [3.05, 3.63) is 88.8 Å². The van der Waals surface area contributed by atoms with Gasteiger partial charge in [0.05, 0.1) is 12.6 Å². The van der Waals surface area contributed by atoms with Gasteiger partial charge >= 0.3 is 0 Å². The second-order valence-corrected chi connectivity index (χ2v) is 9.91. The van der Waals surface area contributed by atoms with Crippen molar-refractivity contribution in [2.75, 3.05) is 0 Å². The van der Waals surface area contributed by atoms with Crippen LogP contribution < -0.4 is 4.57 Å². The van der Waals surface area contributed by atoms with Gasteiger partial charge in [-0.15, -0.1) is 0 Å². The fourth-order valence-corrected chi connectivity index (χ4v) is 4.67. The Hall–Kier alpha value is -2.87. The normalized spacial score (nSPS) is 12.8. The Bertz CT molecular complexity index is 1160. The van der Waals surface area contributed by atoms with Gasteiger partial charge in [0, 0.05) is 11.1 Å². The van der Waals surface area contributed by atoms with Gasteiger partial charge in [-0.1, -0.05) is 70.5 Å². The zero-order valence-electron chi connectivity index (χ0n) is 22.0. The summed E-state index contributed by atoms with van der Waals surface area (Å²) < 4.78 is 4.66. The number of imidazole rings is 1. The van der Waals surface area contributed by atoms with Crippen LogP contribution in [-0.4, -0.2) is 4.57 Å². The number of aryl methyl sites for hydroxylation is 2. The summed E-state index contributed by atoms with van der Waals surface area (Å²) in [5, 5.41) is 0. The topological polar surface area (TPSA) is 8.81 Å². The van der Waals surface area contributed by atoms with Gasteiger partial charge in [-0.05, 0) is 73.9 Å². The van der Waals surface area contributed by atoms with Gasteiger partial charge in [0.25, 0.3) is 5.82 Å². The highest BCUT2D eigenvalue weighted by Crippen LogP contribution is 2.37. The molecule has 0 fully saturated rings. The van der Waals surface area contributed by atoms with E-state index in [0.717, 1.165) is 6.42 Å². The van der Waals surface area contributed by atoms with Crippen LogP contribution in [0.15, 0.2) is 66.5 Å². The Morgan fingerprint density at radius 2 is 1.61 bits per heavy atom. The first kappa shape index (κ1) is 24.8. The summed E-state index contributed by atoms with van der Waals surface area (Å²) in [6.07, 6.45) is 10.1. The lowest BCUT2D eigenvalue weighted by molar-refractivity contribution is -0.659. The Balaban J connectivity index is 2.33. The monoisotopic (exact) mass is 441 g/mol. The molecule has 2 nitrogen and oxygen atoms in total. The summed E-state index contributed by atoms with van der Waals surface area (Å²) in [5.41, 5.74) is 10.7. The van der Waals surface area contributed by atoms with Crippen molar-refractivity contribution in [1.82, 2.24) is 4.57 Å². The maximum atomic E-state index is 2.42. The second-order valence-electron chi connectivity index (χ2n) is 9.91. The number of benzene rings is 2. The molecule has 2 aromatic carbocycles. The molecular weight excluding hydrogens is 400 g/mol. The first-order valence-electron chi connectivity index (χ1n) is 12.3. The number of rotatable bonds is 7. The molecule has 0 saturated carbocycles. The van der Waals surface area contributed by atoms with Crippen LogP contribution in [-0.2, 0) is 7.05 Å². The first-order chi connectivity index (χ1) is 15.6. The molecule has 2 heteroatoms. The van der Waals surface area contributed by atoms with Crippen LogP contribution in [0.25, 0.3) is 22.6 Å². The predicted octanol–water partition coefficient (Wildman–Crippen LogP) is 8.28. The molecule has 0 atom stereocenters. The Kier molecular flexibility index (Phi) is 7.79. The zero-order chi connectivity index (χ0) is 24.3. The molecule has 0 N–H and O–H groups in total. The fourth-order valence-electron chi connectivity index (χ4n) is 4.67. The molecule has 0 amide bonds. The maximum absolute atomic E-state index is 2.42. The van der Waals surface area contributed by atoms with Crippen molar-refractivity contribution in [2.45, 2.75) is 73.6 Å². The molecule has 174 valence electrons. The molecule has 33 heavy (non-hydrogen) atoms. The third-order valence-electron chi connectivity index (χ3n) is 6.47.